The second kappa shape index (κ2) is 7.03. The van der Waals surface area contributed by atoms with Crippen molar-refractivity contribution < 1.29 is 9.50 Å². The largest absolute Gasteiger partial charge is 0.392 e. The van der Waals surface area contributed by atoms with Crippen LogP contribution in [-0.4, -0.2) is 21.9 Å². The van der Waals surface area contributed by atoms with Crippen LogP contribution in [0.15, 0.2) is 52.1 Å². The lowest BCUT2D eigenvalue weighted by molar-refractivity contribution is 0.200. The fraction of sp³-hybridized carbons (Fsp3) is 0.214. The number of rotatable bonds is 5. The number of thioether (sulfide) groups is 1. The molecule has 0 saturated heterocycles. The third kappa shape index (κ3) is 4.60. The first-order valence-electron chi connectivity index (χ1n) is 5.80. The van der Waals surface area contributed by atoms with E-state index in [4.69, 9.17) is 0 Å². The Balaban J connectivity index is 1.88. The van der Waals surface area contributed by atoms with Crippen molar-refractivity contribution in [2.45, 2.75) is 17.4 Å². The third-order valence-corrected chi connectivity index (χ3v) is 4.13. The highest BCUT2D eigenvalue weighted by Gasteiger charge is 2.09. The zero-order valence-corrected chi connectivity index (χ0v) is 12.5. The molecule has 0 radical (unpaired) electrons. The predicted octanol–water partition coefficient (Wildman–Crippen LogP) is 3.68. The summed E-state index contributed by atoms with van der Waals surface area (Å²) in [6.45, 7) is 0. The Morgan fingerprint density at radius 1 is 1.32 bits per heavy atom. The number of halogens is 2. The van der Waals surface area contributed by atoms with Gasteiger partial charge in [-0.25, -0.2) is 4.39 Å². The van der Waals surface area contributed by atoms with Gasteiger partial charge in [-0.3, -0.25) is 4.98 Å². The molecule has 0 spiro atoms. The zero-order valence-electron chi connectivity index (χ0n) is 10.1. The van der Waals surface area contributed by atoms with Crippen molar-refractivity contribution in [1.82, 2.24) is 4.98 Å². The van der Waals surface area contributed by atoms with Gasteiger partial charge in [-0.15, -0.1) is 11.8 Å². The fourth-order valence-corrected chi connectivity index (χ4v) is 2.93. The molecule has 2 aromatic rings. The van der Waals surface area contributed by atoms with E-state index in [1.165, 1.54) is 17.8 Å². The van der Waals surface area contributed by atoms with Crippen molar-refractivity contribution in [1.29, 1.82) is 0 Å². The Kier molecular flexibility index (Phi) is 5.36. The highest BCUT2D eigenvalue weighted by molar-refractivity contribution is 9.10. The van der Waals surface area contributed by atoms with E-state index in [-0.39, 0.29) is 5.82 Å². The minimum atomic E-state index is -0.527. The van der Waals surface area contributed by atoms with Crippen LogP contribution in [0.1, 0.15) is 5.56 Å². The quantitative estimate of drug-likeness (QED) is 0.842. The zero-order chi connectivity index (χ0) is 13.7. The van der Waals surface area contributed by atoms with Crippen LogP contribution in [0.25, 0.3) is 0 Å². The molecule has 0 aliphatic carbocycles. The monoisotopic (exact) mass is 341 g/mol. The number of nitrogens with zero attached hydrogens (tertiary/aromatic N) is 1. The molecule has 0 amide bonds. The van der Waals surface area contributed by atoms with Crippen molar-refractivity contribution >= 4 is 27.7 Å². The van der Waals surface area contributed by atoms with Gasteiger partial charge < -0.3 is 5.11 Å². The van der Waals surface area contributed by atoms with E-state index in [1.807, 2.05) is 6.07 Å². The Bertz CT molecular complexity index is 552. The molecule has 1 aromatic carbocycles. The molecule has 1 atom stereocenters. The number of aliphatic hydroxyl groups excluding tert-OH is 1. The van der Waals surface area contributed by atoms with Crippen LogP contribution in [0.5, 0.6) is 0 Å². The number of aliphatic hydroxyl groups is 1. The first-order valence-corrected chi connectivity index (χ1v) is 7.58. The van der Waals surface area contributed by atoms with Gasteiger partial charge in [-0.1, -0.05) is 12.1 Å². The van der Waals surface area contributed by atoms with E-state index in [2.05, 4.69) is 20.9 Å². The molecule has 1 heterocycles. The predicted molar refractivity (Wildman–Crippen MR) is 78.8 cm³/mol. The van der Waals surface area contributed by atoms with Crippen molar-refractivity contribution in [2.75, 3.05) is 5.75 Å². The van der Waals surface area contributed by atoms with Crippen molar-refractivity contribution in [3.8, 4) is 0 Å². The van der Waals surface area contributed by atoms with Gasteiger partial charge in [-0.05, 0) is 39.7 Å². The first-order chi connectivity index (χ1) is 9.15. The molecule has 5 heteroatoms. The average molecular weight is 342 g/mol. The molecule has 2 rings (SSSR count). The Labute approximate surface area is 124 Å². The normalized spacial score (nSPS) is 12.4. The highest BCUT2D eigenvalue weighted by Crippen LogP contribution is 2.22. The maximum atomic E-state index is 13.4. The van der Waals surface area contributed by atoms with Crippen LogP contribution in [0.2, 0.25) is 0 Å². The van der Waals surface area contributed by atoms with Crippen LogP contribution < -0.4 is 0 Å². The molecule has 2 nitrogen and oxygen atoms in total. The van der Waals surface area contributed by atoms with Gasteiger partial charge in [0.2, 0.25) is 0 Å². The van der Waals surface area contributed by atoms with Crippen LogP contribution in [-0.2, 0) is 6.42 Å². The van der Waals surface area contributed by atoms with Gasteiger partial charge in [0, 0.05) is 33.9 Å². The number of pyridine rings is 1. The maximum Gasteiger partial charge on any atom is 0.136 e. The molecule has 0 saturated carbocycles. The van der Waals surface area contributed by atoms with E-state index in [9.17, 15) is 9.50 Å². The van der Waals surface area contributed by atoms with E-state index < -0.39 is 6.10 Å². The number of hydrogen-bond acceptors (Lipinski definition) is 3. The molecule has 0 aliphatic heterocycles. The molecule has 100 valence electrons. The van der Waals surface area contributed by atoms with Crippen LogP contribution in [0, 0.1) is 5.82 Å². The van der Waals surface area contributed by atoms with Gasteiger partial charge in [0.25, 0.3) is 0 Å². The van der Waals surface area contributed by atoms with Gasteiger partial charge >= 0.3 is 0 Å². The van der Waals surface area contributed by atoms with Crippen LogP contribution in [0.4, 0.5) is 4.39 Å². The second-order valence-electron chi connectivity index (χ2n) is 4.11. The van der Waals surface area contributed by atoms with Gasteiger partial charge in [-0.2, -0.15) is 0 Å². The first kappa shape index (κ1) is 14.5. The Morgan fingerprint density at radius 3 is 2.84 bits per heavy atom. The van der Waals surface area contributed by atoms with Crippen molar-refractivity contribution in [2.24, 2.45) is 0 Å². The summed E-state index contributed by atoms with van der Waals surface area (Å²) >= 11 is 4.66. The number of aromatic nitrogens is 1. The highest BCUT2D eigenvalue weighted by atomic mass is 79.9. The Morgan fingerprint density at radius 2 is 2.11 bits per heavy atom. The van der Waals surface area contributed by atoms with Gasteiger partial charge in [0.15, 0.2) is 0 Å². The molecule has 1 aromatic heterocycles. The molecular weight excluding hydrogens is 329 g/mol. The molecule has 1 N–H and O–H groups in total. The third-order valence-electron chi connectivity index (χ3n) is 2.50. The molecule has 1 unspecified atom stereocenters. The fourth-order valence-electron chi connectivity index (χ4n) is 1.65. The van der Waals surface area contributed by atoms with Gasteiger partial charge in [0.1, 0.15) is 5.82 Å². The summed E-state index contributed by atoms with van der Waals surface area (Å²) in [4.78, 5) is 4.61. The Hall–Kier alpha value is -0.910. The van der Waals surface area contributed by atoms with Crippen molar-refractivity contribution in [3.63, 3.8) is 0 Å². The molecule has 0 bridgehead atoms. The number of benzene rings is 1. The second-order valence-corrected chi connectivity index (χ2v) is 6.09. The summed E-state index contributed by atoms with van der Waals surface area (Å²) < 4.78 is 14.3. The summed E-state index contributed by atoms with van der Waals surface area (Å²) in [5, 5.41) is 9.96. The maximum absolute atomic E-state index is 13.4. The summed E-state index contributed by atoms with van der Waals surface area (Å²) in [5.41, 5.74) is 0.955. The molecule has 0 fully saturated rings. The van der Waals surface area contributed by atoms with Crippen LogP contribution >= 0.6 is 27.7 Å². The SMILES string of the molecule is OC(CSc1ccccc1F)Cc1cncc(Br)c1. The molecule has 19 heavy (non-hydrogen) atoms. The average Bonchev–Trinajstić information content (AvgIpc) is 2.38. The number of hydrogen-bond donors (Lipinski definition) is 1. The lowest BCUT2D eigenvalue weighted by Crippen LogP contribution is -2.13. The van der Waals surface area contributed by atoms with Crippen molar-refractivity contribution in [3.05, 3.63) is 58.6 Å². The van der Waals surface area contributed by atoms with E-state index in [1.54, 1.807) is 30.6 Å². The summed E-state index contributed by atoms with van der Waals surface area (Å²) in [5.74, 6) is 0.205. The lowest BCUT2D eigenvalue weighted by Gasteiger charge is -2.10. The van der Waals surface area contributed by atoms with E-state index in [0.29, 0.717) is 17.1 Å². The minimum Gasteiger partial charge on any atom is -0.392 e. The molecular formula is C14H13BrFNOS. The van der Waals surface area contributed by atoms with E-state index in [0.717, 1.165) is 10.0 Å². The summed E-state index contributed by atoms with van der Waals surface area (Å²) in [6, 6.07) is 8.50. The molecule has 0 aliphatic rings. The lowest BCUT2D eigenvalue weighted by atomic mass is 10.1. The van der Waals surface area contributed by atoms with E-state index >= 15 is 0 Å². The smallest absolute Gasteiger partial charge is 0.136 e. The standard InChI is InChI=1S/C14H13BrFNOS/c15-11-5-10(7-17-8-11)6-12(18)9-19-14-4-2-1-3-13(14)16/h1-5,7-8,12,18H,6,9H2. The van der Waals surface area contributed by atoms with Crippen LogP contribution in [0.3, 0.4) is 0 Å². The minimum absolute atomic E-state index is 0.246. The topological polar surface area (TPSA) is 33.1 Å². The summed E-state index contributed by atoms with van der Waals surface area (Å²) in [7, 11) is 0. The summed E-state index contributed by atoms with van der Waals surface area (Å²) in [6.07, 6.45) is 3.40. The van der Waals surface area contributed by atoms with Gasteiger partial charge in [0.05, 0.1) is 6.10 Å².